The second-order valence-corrected chi connectivity index (χ2v) is 14.5. The fourth-order valence-electron chi connectivity index (χ4n) is 6.26. The molecule has 0 aliphatic carbocycles. The number of ketones is 1. The number of amides is 3. The van der Waals surface area contributed by atoms with E-state index in [1.807, 2.05) is 53.7 Å². The number of halogens is 1. The number of aromatic nitrogens is 1. The summed E-state index contributed by atoms with van der Waals surface area (Å²) >= 11 is 6.21. The number of H-pyrrole nitrogens is 1. The molecule has 12 heteroatoms. The number of nitrogens with one attached hydrogen (secondary N) is 3. The monoisotopic (exact) mass is 675 g/mol. The number of hydrogen-bond donors (Lipinski definition) is 3. The van der Waals surface area contributed by atoms with Gasteiger partial charge in [0.2, 0.25) is 23.2 Å². The number of carbonyl (C=O) groups excluding carboxylic acids is 4. The first kappa shape index (κ1) is 34.8. The highest BCUT2D eigenvalue weighted by Crippen LogP contribution is 2.41. The molecule has 3 aromatic rings. The molecule has 3 heterocycles. The molecule has 48 heavy (non-hydrogen) atoms. The Bertz CT molecular complexity index is 1860. The largest absolute Gasteiger partial charge is 0.387 e. The summed E-state index contributed by atoms with van der Waals surface area (Å²) in [5.74, 6) is -2.89. The van der Waals surface area contributed by atoms with Crippen LogP contribution in [-0.4, -0.2) is 63.3 Å². The number of hydrogen-bond acceptors (Lipinski definition) is 7. The third kappa shape index (κ3) is 7.31. The van der Waals surface area contributed by atoms with Crippen molar-refractivity contribution >= 4 is 57.4 Å². The number of fused-ring (bicyclic) bond motifs is 1. The number of likely N-dealkylation sites (tertiary alicyclic amines) is 1. The molecule has 5 rings (SSSR count). The molecule has 1 fully saturated rings. The average molecular weight is 676 g/mol. The molecule has 0 radical (unpaired) electrons. The van der Waals surface area contributed by atoms with E-state index in [0.717, 1.165) is 16.5 Å². The number of pyridine rings is 1. The van der Waals surface area contributed by atoms with Crippen molar-refractivity contribution in [3.8, 4) is 0 Å². The van der Waals surface area contributed by atoms with Gasteiger partial charge < -0.3 is 25.4 Å². The first-order valence-corrected chi connectivity index (χ1v) is 16.6. The number of nitrogens with zero attached hydrogens (tertiary/aromatic N) is 2. The zero-order valence-electron chi connectivity index (χ0n) is 28.1. The van der Waals surface area contributed by atoms with Crippen LogP contribution in [0, 0.1) is 18.3 Å². The van der Waals surface area contributed by atoms with Crippen molar-refractivity contribution in [2.24, 2.45) is 16.5 Å². The van der Waals surface area contributed by atoms with E-state index >= 15 is 0 Å². The molecule has 3 N–H and O–H groups in total. The second-order valence-electron chi connectivity index (χ2n) is 14.0. The average Bonchev–Trinajstić information content (AvgIpc) is 3.62. The van der Waals surface area contributed by atoms with Crippen LogP contribution in [0.25, 0.3) is 10.9 Å². The summed E-state index contributed by atoms with van der Waals surface area (Å²) in [5.41, 5.74) is 1.48. The molecule has 4 atom stereocenters. The van der Waals surface area contributed by atoms with Crippen molar-refractivity contribution in [2.75, 3.05) is 11.9 Å². The van der Waals surface area contributed by atoms with E-state index in [1.165, 1.54) is 11.0 Å². The Labute approximate surface area is 284 Å². The number of aryl methyl sites for hydroxylation is 1. The van der Waals surface area contributed by atoms with Crippen LogP contribution in [0.4, 0.5) is 5.69 Å². The molecule has 3 amide bonds. The van der Waals surface area contributed by atoms with Crippen LogP contribution in [0.2, 0.25) is 5.02 Å². The van der Waals surface area contributed by atoms with Gasteiger partial charge in [-0.15, -0.1) is 0 Å². The molecule has 2 aromatic carbocycles. The van der Waals surface area contributed by atoms with Gasteiger partial charge >= 0.3 is 0 Å². The standard InChI is InChI=1S/C36H42ClN5O6/c1-7-9-26(31(44)33(46)38-24-12-13-25-20(2)14-30(43)39-27(25)16-24)40-32(45)29-18-36(19-42(29)34(47)21(3)35(4,5)6)17-28(41-48-36)22-10-8-11-23(37)15-22/h8,10-16,21,26,29H,7,9,17-19H2,1-6H3,(H,38,46)(H,39,43)(H,40,45)/t21-,26+,29+,36-/m1/s1. The molecule has 2 aliphatic heterocycles. The molecule has 11 nitrogen and oxygen atoms in total. The normalized spacial score (nSPS) is 20.3. The Balaban J connectivity index is 1.35. The molecule has 1 saturated heterocycles. The van der Waals surface area contributed by atoms with Crippen LogP contribution in [0.1, 0.15) is 71.4 Å². The molecule has 254 valence electrons. The lowest BCUT2D eigenvalue weighted by atomic mass is 9.81. The fraction of sp³-hybridized carbons (Fsp3) is 0.444. The van der Waals surface area contributed by atoms with Crippen LogP contribution in [0.3, 0.4) is 0 Å². The number of anilines is 1. The Hall–Kier alpha value is -4.51. The zero-order valence-corrected chi connectivity index (χ0v) is 28.9. The van der Waals surface area contributed by atoms with Crippen LogP contribution < -0.4 is 16.2 Å². The number of Topliss-reactive ketones (excluding diaryl/α,β-unsaturated/α-hetero) is 1. The number of oxime groups is 1. The third-order valence-corrected chi connectivity index (χ3v) is 9.63. The molecule has 1 aromatic heterocycles. The quantitative estimate of drug-likeness (QED) is 0.268. The van der Waals surface area contributed by atoms with Crippen molar-refractivity contribution in [2.45, 2.75) is 84.9 Å². The van der Waals surface area contributed by atoms with Crippen LogP contribution >= 0.6 is 11.6 Å². The highest BCUT2D eigenvalue weighted by Gasteiger charge is 2.55. The SMILES string of the molecule is CCC[C@H](NC(=O)[C@@H]1C[C@]2(CC(c3cccc(Cl)c3)=NO2)CN1C(=O)[C@@H](C)C(C)(C)C)C(=O)C(=O)Nc1ccc2c(C)cc(=O)[nH]c2c1. The van der Waals surface area contributed by atoms with Gasteiger partial charge in [0.15, 0.2) is 5.60 Å². The molecule has 2 aliphatic rings. The van der Waals surface area contributed by atoms with Gasteiger partial charge in [-0.3, -0.25) is 24.0 Å². The summed E-state index contributed by atoms with van der Waals surface area (Å²) in [6.07, 6.45) is 1.24. The van der Waals surface area contributed by atoms with E-state index in [4.69, 9.17) is 16.4 Å². The van der Waals surface area contributed by atoms with Crippen LogP contribution in [0.5, 0.6) is 0 Å². The Kier molecular flexibility index (Phi) is 9.82. The van der Waals surface area contributed by atoms with Crippen LogP contribution in [0.15, 0.2) is 58.5 Å². The smallest absolute Gasteiger partial charge is 0.293 e. The van der Waals surface area contributed by atoms with Gasteiger partial charge in [-0.2, -0.15) is 0 Å². The predicted molar refractivity (Wildman–Crippen MR) is 185 cm³/mol. The molecule has 0 saturated carbocycles. The number of aromatic amines is 1. The van der Waals surface area contributed by atoms with Gasteiger partial charge in [-0.25, -0.2) is 0 Å². The molecule has 1 spiro atoms. The van der Waals surface area contributed by atoms with Crippen LogP contribution in [-0.2, 0) is 24.0 Å². The maximum atomic E-state index is 14.0. The fourth-order valence-corrected chi connectivity index (χ4v) is 6.45. The summed E-state index contributed by atoms with van der Waals surface area (Å²) in [6.45, 7) is 11.5. The topological polar surface area (TPSA) is 150 Å². The molecular formula is C36H42ClN5O6. The zero-order chi connectivity index (χ0) is 35.0. The maximum Gasteiger partial charge on any atom is 0.293 e. The molecular weight excluding hydrogens is 634 g/mol. The summed E-state index contributed by atoms with van der Waals surface area (Å²) < 4.78 is 0. The highest BCUT2D eigenvalue weighted by atomic mass is 35.5. The van der Waals surface area contributed by atoms with Crippen molar-refractivity contribution in [3.63, 3.8) is 0 Å². The second kappa shape index (κ2) is 13.5. The Morgan fingerprint density at radius 1 is 1.15 bits per heavy atom. The minimum absolute atomic E-state index is 0.133. The third-order valence-electron chi connectivity index (χ3n) is 9.39. The highest BCUT2D eigenvalue weighted by molar-refractivity contribution is 6.42. The van der Waals surface area contributed by atoms with E-state index in [0.29, 0.717) is 34.8 Å². The van der Waals surface area contributed by atoms with E-state index in [-0.39, 0.29) is 36.3 Å². The Morgan fingerprint density at radius 2 is 1.90 bits per heavy atom. The van der Waals surface area contributed by atoms with Gasteiger partial charge in [0.05, 0.1) is 23.8 Å². The summed E-state index contributed by atoms with van der Waals surface area (Å²) in [6, 6.07) is 11.6. The molecule has 0 bridgehead atoms. The lowest BCUT2D eigenvalue weighted by molar-refractivity contribution is -0.145. The lowest BCUT2D eigenvalue weighted by Crippen LogP contribution is -2.53. The van der Waals surface area contributed by atoms with Gasteiger partial charge in [0, 0.05) is 46.5 Å². The van der Waals surface area contributed by atoms with Gasteiger partial charge in [-0.1, -0.05) is 76.0 Å². The lowest BCUT2D eigenvalue weighted by Gasteiger charge is -2.33. The molecule has 0 unspecified atom stereocenters. The van der Waals surface area contributed by atoms with Crippen molar-refractivity contribution in [1.82, 2.24) is 15.2 Å². The summed E-state index contributed by atoms with van der Waals surface area (Å²) in [4.78, 5) is 76.8. The Morgan fingerprint density at radius 3 is 2.58 bits per heavy atom. The van der Waals surface area contributed by atoms with Crippen molar-refractivity contribution < 1.29 is 24.0 Å². The number of carbonyl (C=O) groups is 4. The van der Waals surface area contributed by atoms with Gasteiger partial charge in [0.25, 0.3) is 5.91 Å². The number of rotatable bonds is 9. The number of benzene rings is 2. The van der Waals surface area contributed by atoms with E-state index in [9.17, 15) is 24.0 Å². The van der Waals surface area contributed by atoms with E-state index in [2.05, 4.69) is 20.8 Å². The van der Waals surface area contributed by atoms with Gasteiger partial charge in [-0.05, 0) is 48.6 Å². The first-order valence-electron chi connectivity index (χ1n) is 16.2. The summed E-state index contributed by atoms with van der Waals surface area (Å²) in [7, 11) is 0. The van der Waals surface area contributed by atoms with E-state index in [1.54, 1.807) is 30.3 Å². The predicted octanol–water partition coefficient (Wildman–Crippen LogP) is 5.13. The minimum atomic E-state index is -1.12. The van der Waals surface area contributed by atoms with Crippen molar-refractivity contribution in [3.05, 3.63) is 75.0 Å². The summed E-state index contributed by atoms with van der Waals surface area (Å²) in [5, 5.41) is 11.1. The maximum absolute atomic E-state index is 14.0. The van der Waals surface area contributed by atoms with Crippen molar-refractivity contribution in [1.29, 1.82) is 0 Å². The van der Waals surface area contributed by atoms with E-state index < -0.39 is 41.2 Å². The van der Waals surface area contributed by atoms with Gasteiger partial charge in [0.1, 0.15) is 6.04 Å². The first-order chi connectivity index (χ1) is 22.6. The minimum Gasteiger partial charge on any atom is -0.387 e.